The van der Waals surface area contributed by atoms with E-state index in [1.54, 1.807) is 25.2 Å². The molecule has 114 valence electrons. The van der Waals surface area contributed by atoms with Crippen molar-refractivity contribution in [2.24, 2.45) is 0 Å². The van der Waals surface area contributed by atoms with Crippen LogP contribution in [0.2, 0.25) is 0 Å². The van der Waals surface area contributed by atoms with Crippen molar-refractivity contribution in [1.29, 1.82) is 0 Å². The summed E-state index contributed by atoms with van der Waals surface area (Å²) in [4.78, 5) is 12.1. The Morgan fingerprint density at radius 2 is 1.81 bits per heavy atom. The Hall–Kier alpha value is -1.63. The van der Waals surface area contributed by atoms with Crippen molar-refractivity contribution >= 4 is 28.2 Å². The minimum Gasteiger partial charge on any atom is -0.313 e. The van der Waals surface area contributed by atoms with E-state index in [-0.39, 0.29) is 35.3 Å². The minimum atomic E-state index is -3.74. The van der Waals surface area contributed by atoms with Gasteiger partial charge in [-0.15, -0.1) is 12.4 Å². The molecule has 0 amide bonds. The lowest BCUT2D eigenvalue weighted by molar-refractivity contribution is 0.0988. The topological polar surface area (TPSA) is 68.2 Å². The first kappa shape index (κ1) is 17.4. The predicted molar refractivity (Wildman–Crippen MR) is 83.7 cm³/mol. The molecule has 7 heteroatoms. The summed E-state index contributed by atoms with van der Waals surface area (Å²) in [5.74, 6) is -0.270. The van der Waals surface area contributed by atoms with Crippen LogP contribution in [-0.4, -0.2) is 31.8 Å². The van der Waals surface area contributed by atoms with Crippen molar-refractivity contribution in [1.82, 2.24) is 9.29 Å². The van der Waals surface area contributed by atoms with Gasteiger partial charge in [0.25, 0.3) is 10.0 Å². The van der Waals surface area contributed by atoms with Gasteiger partial charge >= 0.3 is 0 Å². The average molecular weight is 329 g/mol. The molecule has 0 saturated heterocycles. The Kier molecular flexibility index (Phi) is 5.71. The van der Waals surface area contributed by atoms with Crippen molar-refractivity contribution in [2.75, 3.05) is 13.6 Å². The fourth-order valence-corrected chi connectivity index (χ4v) is 3.23. The van der Waals surface area contributed by atoms with Gasteiger partial charge in [0.2, 0.25) is 0 Å². The van der Waals surface area contributed by atoms with Crippen molar-refractivity contribution in [3.8, 4) is 0 Å². The van der Waals surface area contributed by atoms with Gasteiger partial charge in [0, 0.05) is 6.20 Å². The maximum Gasteiger partial charge on any atom is 0.268 e. The Balaban J connectivity index is 0.00000220. The van der Waals surface area contributed by atoms with Gasteiger partial charge in [-0.05, 0) is 38.2 Å². The van der Waals surface area contributed by atoms with Gasteiger partial charge in [-0.1, -0.05) is 17.7 Å². The number of Topliss-reactive ketones (excluding diaryl/α,β-unsaturated/α-hetero) is 1. The van der Waals surface area contributed by atoms with E-state index < -0.39 is 10.0 Å². The Morgan fingerprint density at radius 1 is 1.19 bits per heavy atom. The molecular weight excluding hydrogens is 312 g/mol. The summed E-state index contributed by atoms with van der Waals surface area (Å²) in [5, 5.41) is 2.72. The van der Waals surface area contributed by atoms with Crippen LogP contribution >= 0.6 is 12.4 Å². The third-order valence-electron chi connectivity index (χ3n) is 2.91. The van der Waals surface area contributed by atoms with Gasteiger partial charge < -0.3 is 5.32 Å². The van der Waals surface area contributed by atoms with E-state index in [4.69, 9.17) is 0 Å². The number of aromatic nitrogens is 1. The number of carbonyl (C=O) groups is 1. The molecule has 0 radical (unpaired) electrons. The summed E-state index contributed by atoms with van der Waals surface area (Å²) in [5.41, 5.74) is 1.13. The van der Waals surface area contributed by atoms with Gasteiger partial charge in [0.05, 0.1) is 11.4 Å². The maximum absolute atomic E-state index is 12.5. The van der Waals surface area contributed by atoms with Crippen LogP contribution in [0, 0.1) is 6.92 Å². The highest BCUT2D eigenvalue weighted by molar-refractivity contribution is 7.90. The van der Waals surface area contributed by atoms with Gasteiger partial charge in [-0.3, -0.25) is 4.79 Å². The van der Waals surface area contributed by atoms with Crippen LogP contribution in [0.1, 0.15) is 16.1 Å². The van der Waals surface area contributed by atoms with E-state index in [1.807, 2.05) is 6.92 Å². The lowest BCUT2D eigenvalue weighted by atomic mass is 10.2. The number of aryl methyl sites for hydroxylation is 1. The average Bonchev–Trinajstić information content (AvgIpc) is 2.89. The highest BCUT2D eigenvalue weighted by Crippen LogP contribution is 2.17. The van der Waals surface area contributed by atoms with Crippen LogP contribution in [0.3, 0.4) is 0 Å². The molecule has 1 aromatic carbocycles. The number of hydrogen-bond acceptors (Lipinski definition) is 4. The maximum atomic E-state index is 12.5. The van der Waals surface area contributed by atoms with Gasteiger partial charge in [0.15, 0.2) is 5.78 Å². The number of nitrogens with zero attached hydrogens (tertiary/aromatic N) is 1. The quantitative estimate of drug-likeness (QED) is 0.851. The normalized spacial score (nSPS) is 11.0. The molecule has 0 bridgehead atoms. The number of hydrogen-bond donors (Lipinski definition) is 1. The molecule has 1 N–H and O–H groups in total. The molecule has 0 aliphatic heterocycles. The summed E-state index contributed by atoms with van der Waals surface area (Å²) < 4.78 is 26.1. The largest absolute Gasteiger partial charge is 0.313 e. The van der Waals surface area contributed by atoms with Crippen LogP contribution in [0.4, 0.5) is 0 Å². The molecule has 0 fully saturated rings. The fourth-order valence-electron chi connectivity index (χ4n) is 1.87. The summed E-state index contributed by atoms with van der Waals surface area (Å²) in [6.07, 6.45) is 1.39. The predicted octanol–water partition coefficient (Wildman–Crippen LogP) is 1.86. The SMILES string of the molecule is CNCC(=O)c1cccn1S(=O)(=O)c1ccc(C)cc1.Cl. The van der Waals surface area contributed by atoms with Crippen LogP contribution in [0.15, 0.2) is 47.5 Å². The van der Waals surface area contributed by atoms with Gasteiger partial charge in [0.1, 0.15) is 5.69 Å². The fraction of sp³-hybridized carbons (Fsp3) is 0.214. The van der Waals surface area contributed by atoms with Crippen LogP contribution in [-0.2, 0) is 10.0 Å². The van der Waals surface area contributed by atoms with E-state index >= 15 is 0 Å². The molecule has 1 heterocycles. The lowest BCUT2D eigenvalue weighted by Crippen LogP contribution is -2.24. The van der Waals surface area contributed by atoms with Crippen LogP contribution in [0.5, 0.6) is 0 Å². The second kappa shape index (κ2) is 6.89. The molecule has 0 atom stereocenters. The molecule has 1 aromatic heterocycles. The molecule has 2 rings (SSSR count). The third-order valence-corrected chi connectivity index (χ3v) is 4.62. The highest BCUT2D eigenvalue weighted by Gasteiger charge is 2.21. The summed E-state index contributed by atoms with van der Waals surface area (Å²) in [6.45, 7) is 1.97. The molecule has 5 nitrogen and oxygen atoms in total. The first-order chi connectivity index (χ1) is 9.46. The van der Waals surface area contributed by atoms with Gasteiger partial charge in [-0.2, -0.15) is 0 Å². The number of nitrogens with one attached hydrogen (secondary N) is 1. The Bertz CT molecular complexity index is 721. The summed E-state index contributed by atoms with van der Waals surface area (Å²) in [7, 11) is -2.10. The number of ketones is 1. The molecule has 0 aliphatic rings. The standard InChI is InChI=1S/C14H16N2O3S.ClH/c1-11-5-7-12(8-6-11)20(18,19)16-9-3-4-13(16)14(17)10-15-2;/h3-9,15H,10H2,1-2H3;1H. The second-order valence-corrected chi connectivity index (χ2v) is 6.28. The van der Waals surface area contributed by atoms with E-state index in [2.05, 4.69) is 5.32 Å². The molecule has 0 saturated carbocycles. The Labute approximate surface area is 130 Å². The number of rotatable bonds is 5. The molecule has 0 spiro atoms. The zero-order chi connectivity index (χ0) is 14.8. The van der Waals surface area contributed by atoms with Crippen molar-refractivity contribution in [3.63, 3.8) is 0 Å². The molecular formula is C14H17ClN2O3S. The highest BCUT2D eigenvalue weighted by atomic mass is 35.5. The number of carbonyl (C=O) groups excluding carboxylic acids is 1. The third kappa shape index (κ3) is 3.53. The molecule has 0 unspecified atom stereocenters. The summed E-state index contributed by atoms with van der Waals surface area (Å²) >= 11 is 0. The molecule has 2 aromatic rings. The van der Waals surface area contributed by atoms with E-state index in [0.717, 1.165) is 9.54 Å². The lowest BCUT2D eigenvalue weighted by Gasteiger charge is -2.10. The Morgan fingerprint density at radius 3 is 2.38 bits per heavy atom. The van der Waals surface area contributed by atoms with Crippen LogP contribution in [0.25, 0.3) is 0 Å². The number of halogens is 1. The smallest absolute Gasteiger partial charge is 0.268 e. The number of likely N-dealkylation sites (N-methyl/N-ethyl adjacent to an activating group) is 1. The zero-order valence-corrected chi connectivity index (χ0v) is 13.4. The first-order valence-electron chi connectivity index (χ1n) is 6.14. The second-order valence-electron chi connectivity index (χ2n) is 4.46. The van der Waals surface area contributed by atoms with Crippen LogP contribution < -0.4 is 5.32 Å². The van der Waals surface area contributed by atoms with Crippen molar-refractivity contribution in [3.05, 3.63) is 53.9 Å². The molecule has 0 aliphatic carbocycles. The van der Waals surface area contributed by atoms with Crippen molar-refractivity contribution in [2.45, 2.75) is 11.8 Å². The van der Waals surface area contributed by atoms with Gasteiger partial charge in [-0.25, -0.2) is 12.4 Å². The van der Waals surface area contributed by atoms with Crippen molar-refractivity contribution < 1.29 is 13.2 Å². The van der Waals surface area contributed by atoms with E-state index in [1.165, 1.54) is 24.4 Å². The zero-order valence-electron chi connectivity index (χ0n) is 11.7. The first-order valence-corrected chi connectivity index (χ1v) is 7.58. The van der Waals surface area contributed by atoms with E-state index in [0.29, 0.717) is 0 Å². The number of benzene rings is 1. The van der Waals surface area contributed by atoms with E-state index in [9.17, 15) is 13.2 Å². The minimum absolute atomic E-state index is 0. The monoisotopic (exact) mass is 328 g/mol. The summed E-state index contributed by atoms with van der Waals surface area (Å²) in [6, 6.07) is 9.59. The molecule has 21 heavy (non-hydrogen) atoms.